The van der Waals surface area contributed by atoms with E-state index in [1.54, 1.807) is 6.92 Å². The Labute approximate surface area is 120 Å². The Morgan fingerprint density at radius 2 is 2.21 bits per heavy atom. The maximum Gasteiger partial charge on any atom is 0.331 e. The highest BCUT2D eigenvalue weighted by atomic mass is 79.9. The maximum atomic E-state index is 11.9. The SMILES string of the molecule is CCOC(=O)[C@H]1C[C@H](CO)ON1c1ccc(Br)cc1. The maximum absolute atomic E-state index is 11.9. The summed E-state index contributed by atoms with van der Waals surface area (Å²) in [5, 5.41) is 10.7. The van der Waals surface area contributed by atoms with Crippen molar-refractivity contribution in [2.45, 2.75) is 25.5 Å². The number of hydrogen-bond acceptors (Lipinski definition) is 5. The quantitative estimate of drug-likeness (QED) is 0.855. The van der Waals surface area contributed by atoms with Crippen LogP contribution in [0.1, 0.15) is 13.3 Å². The Bertz CT molecular complexity index is 437. The molecule has 0 unspecified atom stereocenters. The number of halogens is 1. The lowest BCUT2D eigenvalue weighted by Crippen LogP contribution is -2.36. The summed E-state index contributed by atoms with van der Waals surface area (Å²) in [5.41, 5.74) is 0.761. The van der Waals surface area contributed by atoms with Crippen LogP contribution in [0.15, 0.2) is 28.7 Å². The summed E-state index contributed by atoms with van der Waals surface area (Å²) in [6.45, 7) is 1.97. The van der Waals surface area contributed by atoms with Crippen molar-refractivity contribution in [1.29, 1.82) is 0 Å². The van der Waals surface area contributed by atoms with Gasteiger partial charge in [0.25, 0.3) is 0 Å². The lowest BCUT2D eigenvalue weighted by molar-refractivity contribution is -0.145. The number of carbonyl (C=O) groups excluding carboxylic acids is 1. The molecule has 5 nitrogen and oxygen atoms in total. The first kappa shape index (κ1) is 14.3. The van der Waals surface area contributed by atoms with Crippen molar-refractivity contribution in [2.75, 3.05) is 18.3 Å². The first-order chi connectivity index (χ1) is 9.15. The summed E-state index contributed by atoms with van der Waals surface area (Å²) >= 11 is 3.36. The average Bonchev–Trinajstić information content (AvgIpc) is 2.84. The van der Waals surface area contributed by atoms with Crippen molar-refractivity contribution in [3.63, 3.8) is 0 Å². The number of aliphatic hydroxyl groups is 1. The minimum absolute atomic E-state index is 0.122. The number of carbonyl (C=O) groups is 1. The number of rotatable bonds is 4. The van der Waals surface area contributed by atoms with Gasteiger partial charge in [0.15, 0.2) is 6.04 Å². The molecular weight excluding hydrogens is 314 g/mol. The molecule has 0 saturated carbocycles. The summed E-state index contributed by atoms with van der Waals surface area (Å²) in [6.07, 6.45) is 0.0452. The van der Waals surface area contributed by atoms with E-state index < -0.39 is 6.04 Å². The van der Waals surface area contributed by atoms with Crippen molar-refractivity contribution in [3.8, 4) is 0 Å². The first-order valence-corrected chi connectivity index (χ1v) is 6.94. The van der Waals surface area contributed by atoms with Crippen LogP contribution in [0.2, 0.25) is 0 Å². The van der Waals surface area contributed by atoms with E-state index in [4.69, 9.17) is 9.57 Å². The topological polar surface area (TPSA) is 59.0 Å². The molecule has 0 aromatic heterocycles. The number of nitrogens with zero attached hydrogens (tertiary/aromatic N) is 1. The molecule has 1 N–H and O–H groups in total. The van der Waals surface area contributed by atoms with Crippen LogP contribution in [0.5, 0.6) is 0 Å². The molecule has 1 aliphatic heterocycles. The molecule has 1 saturated heterocycles. The van der Waals surface area contributed by atoms with Crippen LogP contribution in [0.4, 0.5) is 5.69 Å². The van der Waals surface area contributed by atoms with E-state index >= 15 is 0 Å². The molecule has 0 amide bonds. The zero-order valence-electron chi connectivity index (χ0n) is 10.6. The molecular formula is C13H16BrNO4. The molecule has 0 aliphatic carbocycles. The average molecular weight is 330 g/mol. The van der Waals surface area contributed by atoms with Gasteiger partial charge in [0, 0.05) is 10.9 Å². The molecule has 1 aromatic rings. The minimum Gasteiger partial charge on any atom is -0.464 e. The third-order valence-corrected chi connectivity index (χ3v) is 3.40. The Balaban J connectivity index is 2.19. The van der Waals surface area contributed by atoms with Gasteiger partial charge in [-0.2, -0.15) is 0 Å². The minimum atomic E-state index is -0.515. The van der Waals surface area contributed by atoms with Crippen LogP contribution >= 0.6 is 15.9 Å². The van der Waals surface area contributed by atoms with Crippen LogP contribution in [-0.2, 0) is 14.4 Å². The number of benzene rings is 1. The molecule has 1 aliphatic rings. The Morgan fingerprint density at radius 3 is 2.79 bits per heavy atom. The van der Waals surface area contributed by atoms with Gasteiger partial charge in [-0.15, -0.1) is 0 Å². The Kier molecular flexibility index (Phi) is 4.79. The fraction of sp³-hybridized carbons (Fsp3) is 0.462. The Hall–Kier alpha value is -1.11. The van der Waals surface area contributed by atoms with Crippen molar-refractivity contribution in [2.24, 2.45) is 0 Å². The number of aliphatic hydroxyl groups excluding tert-OH is 1. The first-order valence-electron chi connectivity index (χ1n) is 6.14. The van der Waals surface area contributed by atoms with Gasteiger partial charge >= 0.3 is 5.97 Å². The van der Waals surface area contributed by atoms with Crippen molar-refractivity contribution < 1.29 is 19.5 Å². The van der Waals surface area contributed by atoms with Gasteiger partial charge in [0.2, 0.25) is 0 Å². The summed E-state index contributed by atoms with van der Waals surface area (Å²) in [5.74, 6) is -0.332. The molecule has 0 spiro atoms. The molecule has 104 valence electrons. The summed E-state index contributed by atoms with van der Waals surface area (Å²) < 4.78 is 5.99. The highest BCUT2D eigenvalue weighted by Crippen LogP contribution is 2.29. The van der Waals surface area contributed by atoms with Gasteiger partial charge in [-0.25, -0.2) is 9.86 Å². The number of hydroxylamine groups is 1. The van der Waals surface area contributed by atoms with Crippen molar-refractivity contribution in [1.82, 2.24) is 0 Å². The largest absolute Gasteiger partial charge is 0.464 e. The van der Waals surface area contributed by atoms with E-state index in [0.29, 0.717) is 13.0 Å². The van der Waals surface area contributed by atoms with Crippen molar-refractivity contribution >= 4 is 27.6 Å². The monoisotopic (exact) mass is 329 g/mol. The predicted molar refractivity (Wildman–Crippen MR) is 73.6 cm³/mol. The molecule has 2 rings (SSSR count). The van der Waals surface area contributed by atoms with Crippen LogP contribution in [0, 0.1) is 0 Å². The van der Waals surface area contributed by atoms with Crippen molar-refractivity contribution in [3.05, 3.63) is 28.7 Å². The molecule has 6 heteroatoms. The van der Waals surface area contributed by atoms with E-state index in [-0.39, 0.29) is 18.7 Å². The second-order valence-electron chi connectivity index (χ2n) is 4.22. The van der Waals surface area contributed by atoms with Crippen LogP contribution < -0.4 is 5.06 Å². The number of hydrogen-bond donors (Lipinski definition) is 1. The fourth-order valence-corrected chi connectivity index (χ4v) is 2.25. The van der Waals surface area contributed by atoms with E-state index in [9.17, 15) is 9.90 Å². The van der Waals surface area contributed by atoms with Gasteiger partial charge in [0.05, 0.1) is 18.9 Å². The molecule has 1 fully saturated rings. The van der Waals surface area contributed by atoms with Gasteiger partial charge in [0.1, 0.15) is 6.10 Å². The van der Waals surface area contributed by atoms with Gasteiger partial charge in [-0.1, -0.05) is 15.9 Å². The van der Waals surface area contributed by atoms with E-state index in [2.05, 4.69) is 15.9 Å². The smallest absolute Gasteiger partial charge is 0.331 e. The highest BCUT2D eigenvalue weighted by molar-refractivity contribution is 9.10. The highest BCUT2D eigenvalue weighted by Gasteiger charge is 2.39. The number of anilines is 1. The molecule has 1 aromatic carbocycles. The number of esters is 1. The molecule has 0 radical (unpaired) electrons. The predicted octanol–water partition coefficient (Wildman–Crippen LogP) is 1.88. The lowest BCUT2D eigenvalue weighted by atomic mass is 10.1. The number of ether oxygens (including phenoxy) is 1. The zero-order chi connectivity index (χ0) is 13.8. The van der Waals surface area contributed by atoms with E-state index in [1.807, 2.05) is 24.3 Å². The van der Waals surface area contributed by atoms with Crippen LogP contribution in [-0.4, -0.2) is 36.4 Å². The standard InChI is InChI=1S/C13H16BrNO4/c1-2-18-13(17)12-7-11(8-16)19-15(12)10-5-3-9(14)4-6-10/h3-6,11-12,16H,2,7-8H2,1H3/t11-,12-/m1/s1. The summed E-state index contributed by atoms with van der Waals surface area (Å²) in [7, 11) is 0. The second-order valence-corrected chi connectivity index (χ2v) is 5.13. The normalized spacial score (nSPS) is 22.6. The van der Waals surface area contributed by atoms with Gasteiger partial charge in [-0.05, 0) is 31.2 Å². The summed E-state index contributed by atoms with van der Waals surface area (Å²) in [4.78, 5) is 17.5. The molecule has 1 heterocycles. The van der Waals surface area contributed by atoms with E-state index in [1.165, 1.54) is 5.06 Å². The van der Waals surface area contributed by atoms with Crippen LogP contribution in [0.3, 0.4) is 0 Å². The molecule has 0 bridgehead atoms. The van der Waals surface area contributed by atoms with E-state index in [0.717, 1.165) is 10.2 Å². The third-order valence-electron chi connectivity index (χ3n) is 2.88. The summed E-state index contributed by atoms with van der Waals surface area (Å²) in [6, 6.07) is 6.91. The molecule has 19 heavy (non-hydrogen) atoms. The fourth-order valence-electron chi connectivity index (χ4n) is 1.99. The van der Waals surface area contributed by atoms with Gasteiger partial charge < -0.3 is 9.84 Å². The third kappa shape index (κ3) is 3.26. The zero-order valence-corrected chi connectivity index (χ0v) is 12.2. The second kappa shape index (κ2) is 6.36. The Morgan fingerprint density at radius 1 is 1.53 bits per heavy atom. The lowest BCUT2D eigenvalue weighted by Gasteiger charge is -2.23. The van der Waals surface area contributed by atoms with Crippen LogP contribution in [0.25, 0.3) is 0 Å². The van der Waals surface area contributed by atoms with Gasteiger partial charge in [-0.3, -0.25) is 4.84 Å². The molecule has 2 atom stereocenters.